The van der Waals surface area contributed by atoms with Crippen molar-refractivity contribution >= 4 is 44.5 Å². The highest BCUT2D eigenvalue weighted by Gasteiger charge is 2.18. The molecule has 33 heavy (non-hydrogen) atoms. The van der Waals surface area contributed by atoms with E-state index in [-0.39, 0.29) is 11.5 Å². The molecule has 0 aliphatic carbocycles. The van der Waals surface area contributed by atoms with Crippen molar-refractivity contribution in [3.05, 3.63) is 94.3 Å². The van der Waals surface area contributed by atoms with Gasteiger partial charge in [0.1, 0.15) is 11.1 Å². The summed E-state index contributed by atoms with van der Waals surface area (Å²) in [6.07, 6.45) is 0. The van der Waals surface area contributed by atoms with Crippen molar-refractivity contribution < 1.29 is 8.42 Å². The highest BCUT2D eigenvalue weighted by atomic mass is 35.5. The van der Waals surface area contributed by atoms with E-state index < -0.39 is 9.84 Å². The van der Waals surface area contributed by atoms with Gasteiger partial charge in [-0.2, -0.15) is 5.26 Å². The van der Waals surface area contributed by atoms with Crippen LogP contribution in [-0.4, -0.2) is 24.9 Å². The van der Waals surface area contributed by atoms with Crippen LogP contribution < -0.4 is 0 Å². The Balaban J connectivity index is 1.59. The van der Waals surface area contributed by atoms with E-state index in [4.69, 9.17) is 16.6 Å². The van der Waals surface area contributed by atoms with Crippen molar-refractivity contribution in [2.24, 2.45) is 0 Å². The first-order valence-corrected chi connectivity index (χ1v) is 14.1. The number of nitriles is 1. The number of sulfone groups is 1. The molecule has 0 unspecified atom stereocenters. The first-order chi connectivity index (χ1) is 15.9. The largest absolute Gasteiger partial charge is 0.239 e. The van der Waals surface area contributed by atoms with Gasteiger partial charge in [-0.05, 0) is 40.8 Å². The summed E-state index contributed by atoms with van der Waals surface area (Å²) in [5.74, 6) is 0.240. The van der Waals surface area contributed by atoms with Crippen LogP contribution in [-0.2, 0) is 15.6 Å². The number of nitrogens with zero attached hydrogens (tertiary/aromatic N) is 2. The zero-order chi connectivity index (χ0) is 23.3. The van der Waals surface area contributed by atoms with Crippen LogP contribution in [0.5, 0.6) is 0 Å². The predicted octanol–water partition coefficient (Wildman–Crippen LogP) is 6.71. The molecule has 2 aromatic heterocycles. The number of thioether (sulfide) groups is 1. The van der Waals surface area contributed by atoms with Crippen LogP contribution in [0, 0.1) is 11.3 Å². The second-order valence-electron chi connectivity index (χ2n) is 7.26. The highest BCUT2D eigenvalue weighted by Crippen LogP contribution is 2.35. The van der Waals surface area contributed by atoms with E-state index >= 15 is 0 Å². The summed E-state index contributed by atoms with van der Waals surface area (Å²) < 4.78 is 25.3. The molecule has 4 rings (SSSR count). The smallest absolute Gasteiger partial charge is 0.155 e. The molecule has 0 aliphatic heterocycles. The maximum Gasteiger partial charge on any atom is 0.155 e. The average Bonchev–Trinajstić information content (AvgIpc) is 3.35. The first-order valence-electron chi connectivity index (χ1n) is 10.1. The van der Waals surface area contributed by atoms with Crippen LogP contribution in [0.4, 0.5) is 0 Å². The van der Waals surface area contributed by atoms with Gasteiger partial charge in [-0.15, -0.1) is 23.1 Å². The minimum Gasteiger partial charge on any atom is -0.239 e. The Labute approximate surface area is 206 Å². The number of rotatable bonds is 8. The number of hydrogen-bond donors (Lipinski definition) is 0. The summed E-state index contributed by atoms with van der Waals surface area (Å²) in [5.41, 5.74) is 3.65. The second kappa shape index (κ2) is 10.5. The number of aromatic nitrogens is 1. The van der Waals surface area contributed by atoms with E-state index in [1.54, 1.807) is 35.6 Å². The lowest BCUT2D eigenvalue weighted by atomic mass is 10.0. The Morgan fingerprint density at radius 3 is 2.45 bits per heavy atom. The molecule has 2 aromatic carbocycles. The maximum atomic E-state index is 12.6. The molecule has 0 saturated carbocycles. The Bertz CT molecular complexity index is 1380. The van der Waals surface area contributed by atoms with Gasteiger partial charge in [-0.3, -0.25) is 0 Å². The third-order valence-electron chi connectivity index (χ3n) is 4.89. The lowest BCUT2D eigenvalue weighted by molar-refractivity contribution is 0.597. The Morgan fingerprint density at radius 2 is 1.79 bits per heavy atom. The predicted molar refractivity (Wildman–Crippen MR) is 137 cm³/mol. The minimum atomic E-state index is -3.33. The number of hydrogen-bond acceptors (Lipinski definition) is 6. The molecule has 0 amide bonds. The topological polar surface area (TPSA) is 70.8 Å². The number of halogens is 1. The van der Waals surface area contributed by atoms with E-state index in [9.17, 15) is 13.7 Å². The minimum absolute atomic E-state index is 0.0171. The van der Waals surface area contributed by atoms with Crippen molar-refractivity contribution in [3.63, 3.8) is 0 Å². The molecule has 166 valence electrons. The third kappa shape index (κ3) is 6.04. The van der Waals surface area contributed by atoms with Crippen LogP contribution in [0.1, 0.15) is 11.1 Å². The molecule has 0 atom stereocenters. The van der Waals surface area contributed by atoms with E-state index in [0.717, 1.165) is 21.7 Å². The van der Waals surface area contributed by atoms with Gasteiger partial charge in [0.25, 0.3) is 0 Å². The van der Waals surface area contributed by atoms with Gasteiger partial charge in [0, 0.05) is 16.3 Å². The molecule has 0 fully saturated rings. The molecular weight excluding hydrogens is 492 g/mol. The quantitative estimate of drug-likeness (QED) is 0.246. The van der Waals surface area contributed by atoms with Gasteiger partial charge in [0.05, 0.1) is 27.6 Å². The fourth-order valence-corrected chi connectivity index (χ4v) is 6.96. The molecule has 0 N–H and O–H groups in total. The zero-order valence-electron chi connectivity index (χ0n) is 17.4. The Morgan fingerprint density at radius 1 is 1.03 bits per heavy atom. The monoisotopic (exact) mass is 510 g/mol. The first kappa shape index (κ1) is 23.5. The van der Waals surface area contributed by atoms with Crippen LogP contribution >= 0.6 is 34.7 Å². The molecule has 4 nitrogen and oxygen atoms in total. The van der Waals surface area contributed by atoms with Gasteiger partial charge in [-0.1, -0.05) is 60.1 Å². The number of benzene rings is 2. The highest BCUT2D eigenvalue weighted by molar-refractivity contribution is 8.00. The molecule has 0 aliphatic rings. The fourth-order valence-electron chi connectivity index (χ4n) is 3.30. The van der Waals surface area contributed by atoms with E-state index in [0.29, 0.717) is 26.9 Å². The van der Waals surface area contributed by atoms with Crippen molar-refractivity contribution in [1.82, 2.24) is 4.98 Å². The van der Waals surface area contributed by atoms with Crippen LogP contribution in [0.3, 0.4) is 0 Å². The van der Waals surface area contributed by atoms with E-state index in [1.165, 1.54) is 11.8 Å². The van der Waals surface area contributed by atoms with Crippen LogP contribution in [0.25, 0.3) is 21.7 Å². The lowest BCUT2D eigenvalue weighted by Crippen LogP contribution is -2.11. The standard InChI is InChI=1S/C25H19ClN2O2S3/c26-20-10-8-18(9-11-20)17-33(29,30)14-13-32-25-22(16-27)21(19-5-2-1-3-6-19)15-23(28-25)24-7-4-12-31-24/h1-12,15H,13-14,17H2. The maximum absolute atomic E-state index is 12.6. The molecule has 0 saturated heterocycles. The van der Waals surface area contributed by atoms with Gasteiger partial charge in [0.15, 0.2) is 9.84 Å². The SMILES string of the molecule is N#Cc1c(-c2ccccc2)cc(-c2cccs2)nc1SCCS(=O)(=O)Cc1ccc(Cl)cc1. The molecule has 0 bridgehead atoms. The number of thiophene rings is 1. The van der Waals surface area contributed by atoms with Crippen molar-refractivity contribution in [1.29, 1.82) is 5.26 Å². The van der Waals surface area contributed by atoms with Gasteiger partial charge >= 0.3 is 0 Å². The molecule has 0 radical (unpaired) electrons. The van der Waals surface area contributed by atoms with Gasteiger partial charge in [0.2, 0.25) is 0 Å². The molecular formula is C25H19ClN2O2S3. The molecule has 2 heterocycles. The zero-order valence-corrected chi connectivity index (χ0v) is 20.6. The average molecular weight is 511 g/mol. The van der Waals surface area contributed by atoms with Crippen molar-refractivity contribution in [2.75, 3.05) is 11.5 Å². The van der Waals surface area contributed by atoms with E-state index in [1.807, 2.05) is 53.9 Å². The van der Waals surface area contributed by atoms with Crippen molar-refractivity contribution in [2.45, 2.75) is 10.8 Å². The Hall–Kier alpha value is -2.63. The number of pyridine rings is 1. The fraction of sp³-hybridized carbons (Fsp3) is 0.120. The van der Waals surface area contributed by atoms with Crippen LogP contribution in [0.2, 0.25) is 5.02 Å². The second-order valence-corrected chi connectivity index (χ2v) is 11.9. The molecule has 4 aromatic rings. The van der Waals surface area contributed by atoms with Crippen LogP contribution in [0.15, 0.2) is 83.2 Å². The Kier molecular flexibility index (Phi) is 7.51. The summed E-state index contributed by atoms with van der Waals surface area (Å²) in [6, 6.07) is 24.7. The lowest BCUT2D eigenvalue weighted by Gasteiger charge is -2.12. The summed E-state index contributed by atoms with van der Waals surface area (Å²) in [5, 5.41) is 13.0. The molecule has 8 heteroatoms. The van der Waals surface area contributed by atoms with Gasteiger partial charge in [-0.25, -0.2) is 13.4 Å². The molecule has 0 spiro atoms. The van der Waals surface area contributed by atoms with Crippen molar-refractivity contribution in [3.8, 4) is 27.8 Å². The summed E-state index contributed by atoms with van der Waals surface area (Å²) >= 11 is 8.76. The summed E-state index contributed by atoms with van der Waals surface area (Å²) in [4.78, 5) is 5.72. The normalized spacial score (nSPS) is 11.3. The van der Waals surface area contributed by atoms with Gasteiger partial charge < -0.3 is 0 Å². The summed E-state index contributed by atoms with van der Waals surface area (Å²) in [6.45, 7) is 0. The third-order valence-corrected chi connectivity index (χ3v) is 8.87. The van der Waals surface area contributed by atoms with E-state index in [2.05, 4.69) is 6.07 Å². The summed E-state index contributed by atoms with van der Waals surface area (Å²) in [7, 11) is -3.33.